The molecule has 0 amide bonds. The summed E-state index contributed by atoms with van der Waals surface area (Å²) in [6.07, 6.45) is 2.94. The number of hydrogen-bond acceptors (Lipinski definition) is 8. The highest BCUT2D eigenvalue weighted by molar-refractivity contribution is 7.46. The molecule has 4 rings (SSSR count). The van der Waals surface area contributed by atoms with Gasteiger partial charge in [-0.05, 0) is 29.8 Å². The summed E-state index contributed by atoms with van der Waals surface area (Å²) >= 11 is 6.37. The predicted octanol–water partition coefficient (Wildman–Crippen LogP) is 4.15. The van der Waals surface area contributed by atoms with E-state index in [9.17, 15) is 19.1 Å². The molecule has 0 bridgehead atoms. The van der Waals surface area contributed by atoms with E-state index in [4.69, 9.17) is 20.9 Å². The molecule has 0 atom stereocenters. The van der Waals surface area contributed by atoms with Crippen LogP contribution < -0.4 is 14.7 Å². The summed E-state index contributed by atoms with van der Waals surface area (Å²) in [7, 11) is -4.80. The van der Waals surface area contributed by atoms with E-state index in [0.717, 1.165) is 5.56 Å². The maximum Gasteiger partial charge on any atom is 0.524 e. The van der Waals surface area contributed by atoms with E-state index >= 15 is 0 Å². The van der Waals surface area contributed by atoms with Crippen molar-refractivity contribution in [2.45, 2.75) is 6.42 Å². The Bertz CT molecular complexity index is 1330. The van der Waals surface area contributed by atoms with Gasteiger partial charge in [-0.2, -0.15) is 0 Å². The van der Waals surface area contributed by atoms with Gasteiger partial charge in [0.25, 0.3) is 0 Å². The standard InChI is InChI=1S/C24H24ClN4O6P/c1-2-19(30)13-16-4-3-5-17(12-16)23-20(25)15-26-24(28-23)27-18-6-7-21(29-8-10-34-11-9-29)22(14-18)35-36(31,32)33/h2-7,12,14-15H,1,8-11,13H2,(H,26,27,28)(H2,31,32,33). The Morgan fingerprint density at radius 2 is 2.03 bits per heavy atom. The van der Waals surface area contributed by atoms with Crippen LogP contribution in [0, 0.1) is 0 Å². The maximum absolute atomic E-state index is 11.7. The van der Waals surface area contributed by atoms with Gasteiger partial charge in [-0.1, -0.05) is 36.4 Å². The van der Waals surface area contributed by atoms with Crippen LogP contribution in [0.4, 0.5) is 17.3 Å². The summed E-state index contributed by atoms with van der Waals surface area (Å²) in [5.74, 6) is 0.129. The van der Waals surface area contributed by atoms with Crippen LogP contribution in [0.25, 0.3) is 11.3 Å². The van der Waals surface area contributed by atoms with E-state index in [0.29, 0.717) is 54.0 Å². The zero-order valence-corrected chi connectivity index (χ0v) is 20.8. The van der Waals surface area contributed by atoms with Crippen molar-refractivity contribution in [2.24, 2.45) is 0 Å². The molecule has 3 aromatic rings. The average Bonchev–Trinajstić information content (AvgIpc) is 2.85. The number of rotatable bonds is 9. The lowest BCUT2D eigenvalue weighted by molar-refractivity contribution is -0.114. The number of carbonyl (C=O) groups excluding carboxylic acids is 1. The van der Waals surface area contributed by atoms with Gasteiger partial charge in [0.2, 0.25) is 5.95 Å². The van der Waals surface area contributed by atoms with Crippen molar-refractivity contribution in [1.82, 2.24) is 9.97 Å². The van der Waals surface area contributed by atoms with Gasteiger partial charge in [0.05, 0.1) is 35.8 Å². The number of carbonyl (C=O) groups is 1. The van der Waals surface area contributed by atoms with E-state index in [1.807, 2.05) is 29.2 Å². The van der Waals surface area contributed by atoms with E-state index in [-0.39, 0.29) is 23.9 Å². The molecule has 0 saturated carbocycles. The smallest absolute Gasteiger partial charge is 0.402 e. The Morgan fingerprint density at radius 1 is 1.25 bits per heavy atom. The number of allylic oxidation sites excluding steroid dienone is 1. The van der Waals surface area contributed by atoms with Crippen molar-refractivity contribution in [3.8, 4) is 17.0 Å². The Morgan fingerprint density at radius 3 is 2.75 bits per heavy atom. The minimum absolute atomic E-state index is 0.0176. The topological polar surface area (TPSA) is 134 Å². The van der Waals surface area contributed by atoms with Gasteiger partial charge in [0, 0.05) is 36.8 Å². The van der Waals surface area contributed by atoms with Gasteiger partial charge in [-0.25, -0.2) is 14.5 Å². The van der Waals surface area contributed by atoms with Crippen LogP contribution in [-0.4, -0.2) is 51.8 Å². The first kappa shape index (κ1) is 25.8. The first-order valence-corrected chi connectivity index (χ1v) is 12.9. The third-order valence-electron chi connectivity index (χ3n) is 5.34. The van der Waals surface area contributed by atoms with Crippen LogP contribution in [0.3, 0.4) is 0 Å². The van der Waals surface area contributed by atoms with E-state index < -0.39 is 7.82 Å². The molecule has 0 aliphatic carbocycles. The van der Waals surface area contributed by atoms with Crippen molar-refractivity contribution in [1.29, 1.82) is 0 Å². The fraction of sp³-hybridized carbons (Fsp3) is 0.208. The first-order chi connectivity index (χ1) is 17.2. The lowest BCUT2D eigenvalue weighted by Gasteiger charge is -2.30. The molecule has 3 N–H and O–H groups in total. The Balaban J connectivity index is 1.62. The number of phosphoric acid groups is 1. The van der Waals surface area contributed by atoms with Crippen LogP contribution in [0.15, 0.2) is 61.3 Å². The van der Waals surface area contributed by atoms with Crippen LogP contribution >= 0.6 is 19.4 Å². The van der Waals surface area contributed by atoms with E-state index in [2.05, 4.69) is 21.9 Å². The van der Waals surface area contributed by atoms with Gasteiger partial charge in [-0.15, -0.1) is 0 Å². The van der Waals surface area contributed by atoms with Gasteiger partial charge < -0.3 is 19.5 Å². The first-order valence-electron chi connectivity index (χ1n) is 11.0. The van der Waals surface area contributed by atoms with Crippen molar-refractivity contribution < 1.29 is 28.4 Å². The van der Waals surface area contributed by atoms with Crippen molar-refractivity contribution in [2.75, 3.05) is 36.5 Å². The summed E-state index contributed by atoms with van der Waals surface area (Å²) in [5.41, 5.74) is 2.94. The van der Waals surface area contributed by atoms with Gasteiger partial charge in [0.15, 0.2) is 11.5 Å². The molecule has 2 heterocycles. The molecule has 188 valence electrons. The molecule has 10 nitrogen and oxygen atoms in total. The van der Waals surface area contributed by atoms with Crippen LogP contribution in [0.5, 0.6) is 5.75 Å². The summed E-state index contributed by atoms with van der Waals surface area (Å²) in [4.78, 5) is 41.2. The monoisotopic (exact) mass is 530 g/mol. The van der Waals surface area contributed by atoms with Crippen molar-refractivity contribution >= 4 is 42.5 Å². The van der Waals surface area contributed by atoms with E-state index in [1.54, 1.807) is 12.1 Å². The second kappa shape index (κ2) is 11.2. The highest BCUT2D eigenvalue weighted by Gasteiger charge is 2.23. The second-order valence-corrected chi connectivity index (χ2v) is 9.50. The number of aromatic nitrogens is 2. The van der Waals surface area contributed by atoms with Crippen LogP contribution in [0.1, 0.15) is 5.56 Å². The fourth-order valence-corrected chi connectivity index (χ4v) is 4.32. The minimum atomic E-state index is -4.80. The predicted molar refractivity (Wildman–Crippen MR) is 137 cm³/mol. The third-order valence-corrected chi connectivity index (χ3v) is 6.05. The van der Waals surface area contributed by atoms with Gasteiger partial charge in [-0.3, -0.25) is 14.6 Å². The third kappa shape index (κ3) is 6.69. The molecule has 36 heavy (non-hydrogen) atoms. The molecular formula is C24H24ClN4O6P. The molecule has 1 fully saturated rings. The molecule has 12 heteroatoms. The fourth-order valence-electron chi connectivity index (χ4n) is 3.72. The summed E-state index contributed by atoms with van der Waals surface area (Å²) in [5, 5.41) is 3.35. The second-order valence-electron chi connectivity index (χ2n) is 7.93. The summed E-state index contributed by atoms with van der Waals surface area (Å²) in [6.45, 7) is 5.62. The average molecular weight is 531 g/mol. The minimum Gasteiger partial charge on any atom is -0.402 e. The number of halogens is 1. The molecule has 1 saturated heterocycles. The number of ketones is 1. The number of hydrogen-bond donors (Lipinski definition) is 3. The molecular weight excluding hydrogens is 507 g/mol. The summed E-state index contributed by atoms with van der Waals surface area (Å²) in [6, 6.07) is 12.2. The molecule has 1 aliphatic heterocycles. The molecule has 2 aromatic carbocycles. The number of ether oxygens (including phenoxy) is 1. The van der Waals surface area contributed by atoms with E-state index in [1.165, 1.54) is 18.3 Å². The number of anilines is 3. The number of nitrogens with one attached hydrogen (secondary N) is 1. The zero-order valence-electron chi connectivity index (χ0n) is 19.1. The Hall–Kier alpha value is -3.27. The van der Waals surface area contributed by atoms with Crippen molar-refractivity contribution in [3.05, 3.63) is 71.9 Å². The summed E-state index contributed by atoms with van der Waals surface area (Å²) < 4.78 is 21.9. The van der Waals surface area contributed by atoms with Crippen LogP contribution in [0.2, 0.25) is 5.02 Å². The highest BCUT2D eigenvalue weighted by Crippen LogP contribution is 2.43. The Labute approximate surface area is 212 Å². The quantitative estimate of drug-likeness (QED) is 0.273. The molecule has 0 radical (unpaired) electrons. The number of benzene rings is 2. The van der Waals surface area contributed by atoms with Gasteiger partial charge in [0.1, 0.15) is 0 Å². The number of morpholine rings is 1. The normalized spacial score (nSPS) is 13.8. The lowest BCUT2D eigenvalue weighted by atomic mass is 10.0. The van der Waals surface area contributed by atoms with Crippen molar-refractivity contribution in [3.63, 3.8) is 0 Å². The zero-order chi connectivity index (χ0) is 25.7. The molecule has 0 spiro atoms. The maximum atomic E-state index is 11.7. The lowest BCUT2D eigenvalue weighted by Crippen LogP contribution is -2.36. The van der Waals surface area contributed by atoms with Crippen LogP contribution in [-0.2, 0) is 20.5 Å². The van der Waals surface area contributed by atoms with Gasteiger partial charge >= 0.3 is 7.82 Å². The largest absolute Gasteiger partial charge is 0.524 e. The number of nitrogens with zero attached hydrogens (tertiary/aromatic N) is 3. The molecule has 1 aliphatic rings. The highest BCUT2D eigenvalue weighted by atomic mass is 35.5. The Kier molecular flexibility index (Phi) is 8.03. The molecule has 1 aromatic heterocycles. The SMILES string of the molecule is C=CC(=O)Cc1cccc(-c2nc(Nc3ccc(N4CCOCC4)c(OP(=O)(O)O)c3)ncc2Cl)c1. The number of phosphoric ester groups is 1. The molecule has 0 unspecified atom stereocenters.